The van der Waals surface area contributed by atoms with Crippen LogP contribution in [0.1, 0.15) is 73.0 Å². The summed E-state index contributed by atoms with van der Waals surface area (Å²) in [6.07, 6.45) is 13.0. The molecule has 4 rings (SSSR count). The second-order valence-corrected chi connectivity index (χ2v) is 9.70. The first kappa shape index (κ1) is 27.5. The number of hydrogen-bond acceptors (Lipinski definition) is 4. The lowest BCUT2D eigenvalue weighted by atomic mass is 9.92. The zero-order valence-corrected chi connectivity index (χ0v) is 22.2. The number of rotatable bonds is 11. The topological polar surface area (TPSA) is 66.9 Å². The van der Waals surface area contributed by atoms with Crippen LogP contribution >= 0.6 is 35.6 Å². The molecule has 1 amide bonds. The van der Waals surface area contributed by atoms with Crippen LogP contribution in [0.3, 0.4) is 0 Å². The van der Waals surface area contributed by atoms with Crippen molar-refractivity contribution < 1.29 is 4.79 Å². The number of carbonyl (C=O) groups excluding carboxylic acids is 1. The molecule has 35 heavy (non-hydrogen) atoms. The number of fused-ring (bicyclic) bond motifs is 2. The third kappa shape index (κ3) is 7.45. The Morgan fingerprint density at radius 1 is 0.943 bits per heavy atom. The van der Waals surface area contributed by atoms with E-state index < -0.39 is 0 Å². The molecule has 2 aromatic heterocycles. The van der Waals surface area contributed by atoms with Crippen LogP contribution in [0.15, 0.2) is 36.5 Å². The Bertz CT molecular complexity index is 1140. The van der Waals surface area contributed by atoms with E-state index in [4.69, 9.17) is 28.2 Å². The van der Waals surface area contributed by atoms with E-state index in [1.54, 1.807) is 6.07 Å². The minimum atomic E-state index is -0.164. The van der Waals surface area contributed by atoms with Gasteiger partial charge in [-0.1, -0.05) is 67.1 Å². The van der Waals surface area contributed by atoms with Gasteiger partial charge in [-0.05, 0) is 56.2 Å². The van der Waals surface area contributed by atoms with Gasteiger partial charge in [-0.2, -0.15) is 0 Å². The highest BCUT2D eigenvalue weighted by Crippen LogP contribution is 2.33. The van der Waals surface area contributed by atoms with Crippen molar-refractivity contribution in [3.63, 3.8) is 0 Å². The van der Waals surface area contributed by atoms with Crippen LogP contribution in [0.5, 0.6) is 0 Å². The lowest BCUT2D eigenvalue weighted by molar-refractivity contribution is 0.0952. The van der Waals surface area contributed by atoms with Crippen molar-refractivity contribution in [3.05, 3.63) is 63.5 Å². The van der Waals surface area contributed by atoms with Crippen molar-refractivity contribution in [3.8, 4) is 0 Å². The van der Waals surface area contributed by atoms with Crippen molar-refractivity contribution in [2.75, 3.05) is 18.4 Å². The largest absolute Gasteiger partial charge is 0.384 e. The minimum absolute atomic E-state index is 0. The predicted molar refractivity (Wildman–Crippen MR) is 148 cm³/mol. The molecule has 188 valence electrons. The number of halogens is 3. The molecule has 0 radical (unpaired) electrons. The van der Waals surface area contributed by atoms with Crippen molar-refractivity contribution in [1.82, 2.24) is 15.3 Å². The molecule has 2 N–H and O–H groups in total. The van der Waals surface area contributed by atoms with Crippen LogP contribution in [0.25, 0.3) is 10.9 Å². The quantitative estimate of drug-likeness (QED) is 0.198. The highest BCUT2D eigenvalue weighted by molar-refractivity contribution is 6.41. The zero-order valence-electron chi connectivity index (χ0n) is 19.9. The molecule has 0 saturated carbocycles. The molecule has 8 heteroatoms. The van der Waals surface area contributed by atoms with Crippen LogP contribution in [-0.4, -0.2) is 29.0 Å². The molecule has 0 saturated heterocycles. The summed E-state index contributed by atoms with van der Waals surface area (Å²) >= 11 is 11.7. The Kier molecular flexibility index (Phi) is 10.9. The predicted octanol–water partition coefficient (Wildman–Crippen LogP) is 7.42. The van der Waals surface area contributed by atoms with Gasteiger partial charge >= 0.3 is 0 Å². The number of amides is 1. The van der Waals surface area contributed by atoms with Crippen molar-refractivity contribution in [2.45, 2.75) is 64.2 Å². The van der Waals surface area contributed by atoms with Crippen molar-refractivity contribution in [2.24, 2.45) is 0 Å². The lowest BCUT2D eigenvalue weighted by Crippen LogP contribution is -2.24. The third-order valence-electron chi connectivity index (χ3n) is 6.42. The summed E-state index contributed by atoms with van der Waals surface area (Å²) in [5.74, 6) is -0.164. The van der Waals surface area contributed by atoms with Gasteiger partial charge in [0.15, 0.2) is 0 Å². The van der Waals surface area contributed by atoms with Gasteiger partial charge in [0.05, 0.1) is 16.1 Å². The average molecular weight is 536 g/mol. The van der Waals surface area contributed by atoms with Gasteiger partial charge in [-0.15, -0.1) is 12.4 Å². The van der Waals surface area contributed by atoms with Gasteiger partial charge < -0.3 is 10.6 Å². The number of hydrogen-bond donors (Lipinski definition) is 2. The number of benzene rings is 1. The Morgan fingerprint density at radius 2 is 1.66 bits per heavy atom. The van der Waals surface area contributed by atoms with Gasteiger partial charge in [-0.3, -0.25) is 9.78 Å². The van der Waals surface area contributed by atoms with Crippen LogP contribution < -0.4 is 10.6 Å². The molecule has 0 fully saturated rings. The fraction of sp³-hybridized carbons (Fsp3) is 0.444. The lowest BCUT2D eigenvalue weighted by Gasteiger charge is -2.21. The maximum Gasteiger partial charge on any atom is 0.252 e. The van der Waals surface area contributed by atoms with Gasteiger partial charge in [0.2, 0.25) is 0 Å². The second kappa shape index (κ2) is 13.9. The van der Waals surface area contributed by atoms with Gasteiger partial charge in [0, 0.05) is 36.1 Å². The SMILES string of the molecule is Cl.O=C(NCCCCCCCCNc1c2c(nc3ccccc13)CCCC2)c1cnc(Cl)c(Cl)c1. The number of nitrogens with zero attached hydrogens (tertiary/aromatic N) is 2. The summed E-state index contributed by atoms with van der Waals surface area (Å²) in [5.41, 5.74) is 5.57. The molecule has 1 aliphatic rings. The summed E-state index contributed by atoms with van der Waals surface area (Å²) in [6.45, 7) is 1.65. The molecule has 0 unspecified atom stereocenters. The van der Waals surface area contributed by atoms with Gasteiger partial charge in [0.1, 0.15) is 5.15 Å². The number of unbranched alkanes of at least 4 members (excludes halogenated alkanes) is 5. The van der Waals surface area contributed by atoms with E-state index in [-0.39, 0.29) is 23.5 Å². The number of aryl methyl sites for hydroxylation is 1. The van der Waals surface area contributed by atoms with E-state index >= 15 is 0 Å². The third-order valence-corrected chi connectivity index (χ3v) is 7.10. The fourth-order valence-corrected chi connectivity index (χ4v) is 4.86. The molecule has 0 bridgehead atoms. The molecule has 1 aliphatic carbocycles. The first-order chi connectivity index (χ1) is 16.6. The van der Waals surface area contributed by atoms with Crippen LogP contribution in [0.2, 0.25) is 10.2 Å². The summed E-state index contributed by atoms with van der Waals surface area (Å²) in [7, 11) is 0. The maximum atomic E-state index is 12.1. The fourth-order valence-electron chi connectivity index (χ4n) is 4.59. The van der Waals surface area contributed by atoms with E-state index in [1.807, 2.05) is 0 Å². The molecule has 3 aromatic rings. The van der Waals surface area contributed by atoms with Gasteiger partial charge in [0.25, 0.3) is 5.91 Å². The standard InChI is InChI=1S/C27H32Cl2N4O.ClH/c28-22-17-19(18-32-26(22)29)27(34)31-16-10-4-2-1-3-9-15-30-25-20-11-5-7-13-23(20)33-24-14-8-6-12-21(24)25;/h5,7,11,13,17-18H,1-4,6,8-10,12,14-16H2,(H,30,33)(H,31,34);1H. The minimum Gasteiger partial charge on any atom is -0.384 e. The molecule has 1 aromatic carbocycles. The summed E-state index contributed by atoms with van der Waals surface area (Å²) < 4.78 is 0. The van der Waals surface area contributed by atoms with E-state index in [9.17, 15) is 4.79 Å². The Labute approximate surface area is 223 Å². The monoisotopic (exact) mass is 534 g/mol. The summed E-state index contributed by atoms with van der Waals surface area (Å²) in [6, 6.07) is 10.0. The summed E-state index contributed by atoms with van der Waals surface area (Å²) in [4.78, 5) is 21.0. The molecular weight excluding hydrogens is 503 g/mol. The molecular formula is C27H33Cl3N4O. The number of nitrogens with one attached hydrogen (secondary N) is 2. The van der Waals surface area contributed by atoms with E-state index in [0.717, 1.165) is 44.2 Å². The number of anilines is 1. The number of para-hydroxylation sites is 1. The first-order valence-electron chi connectivity index (χ1n) is 12.4. The van der Waals surface area contributed by atoms with Crippen molar-refractivity contribution in [1.29, 1.82) is 0 Å². The normalized spacial score (nSPS) is 12.6. The molecule has 0 atom stereocenters. The number of aromatic nitrogens is 2. The molecule has 0 aliphatic heterocycles. The average Bonchev–Trinajstić information content (AvgIpc) is 2.86. The number of carbonyl (C=O) groups is 1. The van der Waals surface area contributed by atoms with Crippen LogP contribution in [0, 0.1) is 0 Å². The van der Waals surface area contributed by atoms with E-state index in [1.165, 1.54) is 60.6 Å². The van der Waals surface area contributed by atoms with Gasteiger partial charge in [-0.25, -0.2) is 4.98 Å². The Balaban J connectivity index is 0.00000342. The highest BCUT2D eigenvalue weighted by Gasteiger charge is 2.17. The Hall–Kier alpha value is -2.08. The smallest absolute Gasteiger partial charge is 0.252 e. The summed E-state index contributed by atoms with van der Waals surface area (Å²) in [5, 5.41) is 8.43. The van der Waals surface area contributed by atoms with E-state index in [0.29, 0.717) is 17.1 Å². The van der Waals surface area contributed by atoms with Crippen LogP contribution in [0.4, 0.5) is 5.69 Å². The van der Waals surface area contributed by atoms with Crippen molar-refractivity contribution >= 4 is 58.1 Å². The second-order valence-electron chi connectivity index (χ2n) is 8.94. The molecule has 2 heterocycles. The Morgan fingerprint density at radius 3 is 2.46 bits per heavy atom. The molecule has 0 spiro atoms. The number of pyridine rings is 2. The maximum absolute atomic E-state index is 12.1. The van der Waals surface area contributed by atoms with E-state index in [2.05, 4.69) is 39.9 Å². The highest BCUT2D eigenvalue weighted by atomic mass is 35.5. The first-order valence-corrected chi connectivity index (χ1v) is 13.1. The van der Waals surface area contributed by atoms with Crippen LogP contribution in [-0.2, 0) is 12.8 Å². The molecule has 5 nitrogen and oxygen atoms in total. The zero-order chi connectivity index (χ0) is 23.8.